The molecule has 0 fully saturated rings. The van der Waals surface area contributed by atoms with E-state index in [2.05, 4.69) is 0 Å². The molecular formula is C6H8F7NO3S. The van der Waals surface area contributed by atoms with Crippen molar-refractivity contribution >= 4 is 10.0 Å². The van der Waals surface area contributed by atoms with Crippen molar-refractivity contribution in [1.82, 2.24) is 4.72 Å². The molecule has 0 aliphatic rings. The molecule has 18 heavy (non-hydrogen) atoms. The van der Waals surface area contributed by atoms with Crippen molar-refractivity contribution in [1.29, 1.82) is 0 Å². The van der Waals surface area contributed by atoms with Gasteiger partial charge in [0.2, 0.25) is 0 Å². The minimum absolute atomic E-state index is 0.769. The number of alkyl halides is 7. The second kappa shape index (κ2) is 4.81. The molecule has 0 radical (unpaired) electrons. The van der Waals surface area contributed by atoms with Crippen LogP contribution in [0.5, 0.6) is 0 Å². The van der Waals surface area contributed by atoms with E-state index in [4.69, 9.17) is 5.11 Å². The predicted molar refractivity (Wildman–Crippen MR) is 44.6 cm³/mol. The summed E-state index contributed by atoms with van der Waals surface area (Å²) >= 11 is 0. The lowest BCUT2D eigenvalue weighted by molar-refractivity contribution is -0.332. The summed E-state index contributed by atoms with van der Waals surface area (Å²) in [6.45, 7) is -0.228. The SMILES string of the molecule is CC(O)CNS(=O)(=O)C(F)(F)C(F)(F)C(F)(F)F. The van der Waals surface area contributed by atoms with Crippen LogP contribution in [0.25, 0.3) is 0 Å². The number of sulfonamides is 1. The maximum atomic E-state index is 12.7. The van der Waals surface area contributed by atoms with E-state index in [-0.39, 0.29) is 0 Å². The molecule has 0 aromatic rings. The fraction of sp³-hybridized carbons (Fsp3) is 1.00. The maximum Gasteiger partial charge on any atom is 0.461 e. The van der Waals surface area contributed by atoms with E-state index in [1.807, 2.05) is 0 Å². The smallest absolute Gasteiger partial charge is 0.392 e. The zero-order valence-corrected chi connectivity index (χ0v) is 9.42. The molecule has 0 heterocycles. The molecule has 12 heteroatoms. The van der Waals surface area contributed by atoms with Gasteiger partial charge in [-0.05, 0) is 6.92 Å². The molecule has 0 aromatic heterocycles. The number of nitrogens with one attached hydrogen (secondary N) is 1. The zero-order valence-electron chi connectivity index (χ0n) is 8.60. The Kier molecular flexibility index (Phi) is 4.64. The van der Waals surface area contributed by atoms with E-state index in [0.717, 1.165) is 11.6 Å². The first-order chi connectivity index (χ1) is 7.67. The first-order valence-electron chi connectivity index (χ1n) is 4.16. The third kappa shape index (κ3) is 3.03. The Labute approximate surface area is 96.8 Å². The lowest BCUT2D eigenvalue weighted by atomic mass is 10.3. The average Bonchev–Trinajstić information content (AvgIpc) is 2.12. The van der Waals surface area contributed by atoms with Gasteiger partial charge in [0, 0.05) is 6.54 Å². The molecule has 0 amide bonds. The van der Waals surface area contributed by atoms with Gasteiger partial charge >= 0.3 is 17.4 Å². The van der Waals surface area contributed by atoms with Crippen LogP contribution in [0.3, 0.4) is 0 Å². The molecule has 0 rings (SSSR count). The first-order valence-corrected chi connectivity index (χ1v) is 5.64. The molecule has 0 aliphatic heterocycles. The van der Waals surface area contributed by atoms with Gasteiger partial charge in [-0.25, -0.2) is 13.1 Å². The number of aliphatic hydroxyl groups is 1. The van der Waals surface area contributed by atoms with Crippen LogP contribution in [-0.4, -0.2) is 43.5 Å². The molecule has 0 bridgehead atoms. The van der Waals surface area contributed by atoms with Crippen LogP contribution in [0.15, 0.2) is 0 Å². The molecular weight excluding hydrogens is 299 g/mol. The van der Waals surface area contributed by atoms with Gasteiger partial charge in [-0.1, -0.05) is 0 Å². The summed E-state index contributed by atoms with van der Waals surface area (Å²) in [4.78, 5) is 0. The molecule has 0 aliphatic carbocycles. The molecule has 0 saturated heterocycles. The number of halogens is 7. The Balaban J connectivity index is 5.38. The molecule has 110 valence electrons. The molecule has 1 atom stereocenters. The monoisotopic (exact) mass is 307 g/mol. The first kappa shape index (κ1) is 17.4. The Morgan fingerprint density at radius 3 is 1.78 bits per heavy atom. The Morgan fingerprint density at radius 1 is 1.11 bits per heavy atom. The van der Waals surface area contributed by atoms with Crippen molar-refractivity contribution in [2.24, 2.45) is 0 Å². The largest absolute Gasteiger partial charge is 0.461 e. The van der Waals surface area contributed by atoms with E-state index in [1.54, 1.807) is 0 Å². The van der Waals surface area contributed by atoms with Gasteiger partial charge in [0.05, 0.1) is 6.10 Å². The molecule has 0 saturated carbocycles. The highest BCUT2D eigenvalue weighted by Crippen LogP contribution is 2.48. The summed E-state index contributed by atoms with van der Waals surface area (Å²) in [5.41, 5.74) is 0. The second-order valence-corrected chi connectivity index (χ2v) is 5.10. The number of rotatable bonds is 5. The summed E-state index contributed by atoms with van der Waals surface area (Å²) < 4.78 is 107. The van der Waals surface area contributed by atoms with Crippen molar-refractivity contribution in [3.8, 4) is 0 Å². The summed E-state index contributed by atoms with van der Waals surface area (Å²) in [5, 5.41) is 2.17. The lowest BCUT2D eigenvalue weighted by Gasteiger charge is -2.27. The lowest BCUT2D eigenvalue weighted by Crippen LogP contribution is -2.59. The molecule has 2 N–H and O–H groups in total. The van der Waals surface area contributed by atoms with Gasteiger partial charge in [-0.3, -0.25) is 0 Å². The summed E-state index contributed by atoms with van der Waals surface area (Å²) in [5.74, 6) is -6.76. The van der Waals surface area contributed by atoms with Crippen LogP contribution in [-0.2, 0) is 10.0 Å². The summed E-state index contributed by atoms with van der Waals surface area (Å²) in [6, 6.07) is 0. The summed E-state index contributed by atoms with van der Waals surface area (Å²) in [7, 11) is -6.31. The number of hydrogen-bond donors (Lipinski definition) is 2. The maximum absolute atomic E-state index is 12.7. The fourth-order valence-corrected chi connectivity index (χ4v) is 1.75. The quantitative estimate of drug-likeness (QED) is 0.747. The van der Waals surface area contributed by atoms with Crippen LogP contribution in [0.4, 0.5) is 30.7 Å². The van der Waals surface area contributed by atoms with Crippen molar-refractivity contribution in [3.05, 3.63) is 0 Å². The summed E-state index contributed by atoms with van der Waals surface area (Å²) in [6.07, 6.45) is -8.29. The van der Waals surface area contributed by atoms with Crippen LogP contribution in [0, 0.1) is 0 Å². The van der Waals surface area contributed by atoms with Crippen molar-refractivity contribution in [2.75, 3.05) is 6.54 Å². The van der Waals surface area contributed by atoms with Crippen LogP contribution in [0.2, 0.25) is 0 Å². The van der Waals surface area contributed by atoms with E-state index >= 15 is 0 Å². The highest BCUT2D eigenvalue weighted by Gasteiger charge is 2.78. The van der Waals surface area contributed by atoms with Gasteiger partial charge in [0.15, 0.2) is 0 Å². The fourth-order valence-electron chi connectivity index (χ4n) is 0.655. The predicted octanol–water partition coefficient (Wildman–Crippen LogP) is 1.08. The van der Waals surface area contributed by atoms with Gasteiger partial charge < -0.3 is 5.11 Å². The van der Waals surface area contributed by atoms with E-state index < -0.39 is 40.0 Å². The van der Waals surface area contributed by atoms with E-state index in [0.29, 0.717) is 0 Å². The average molecular weight is 307 g/mol. The standard InChI is InChI=1S/C6H8F7NO3S/c1-3(15)2-14-18(16,17)6(12,13)4(7,8)5(9,10)11/h3,14-15H,2H2,1H3. The van der Waals surface area contributed by atoms with Crippen LogP contribution in [0.1, 0.15) is 6.92 Å². The van der Waals surface area contributed by atoms with Crippen molar-refractivity contribution < 1.29 is 44.3 Å². The molecule has 4 nitrogen and oxygen atoms in total. The third-order valence-electron chi connectivity index (χ3n) is 1.63. The van der Waals surface area contributed by atoms with Gasteiger partial charge in [-0.15, -0.1) is 0 Å². The number of aliphatic hydroxyl groups excluding tert-OH is 1. The van der Waals surface area contributed by atoms with Crippen molar-refractivity contribution in [3.63, 3.8) is 0 Å². The van der Waals surface area contributed by atoms with Crippen molar-refractivity contribution in [2.45, 2.75) is 30.4 Å². The second-order valence-electron chi connectivity index (χ2n) is 3.29. The van der Waals surface area contributed by atoms with E-state index in [1.165, 1.54) is 0 Å². The highest BCUT2D eigenvalue weighted by atomic mass is 32.2. The highest BCUT2D eigenvalue weighted by molar-refractivity contribution is 7.90. The van der Waals surface area contributed by atoms with Gasteiger partial charge in [-0.2, -0.15) is 30.7 Å². The molecule has 0 spiro atoms. The van der Waals surface area contributed by atoms with Gasteiger partial charge in [0.1, 0.15) is 0 Å². The third-order valence-corrected chi connectivity index (χ3v) is 3.11. The van der Waals surface area contributed by atoms with E-state index in [9.17, 15) is 39.2 Å². The van der Waals surface area contributed by atoms with Crippen LogP contribution >= 0.6 is 0 Å². The Hall–Kier alpha value is -0.620. The minimum atomic E-state index is -6.76. The minimum Gasteiger partial charge on any atom is -0.392 e. The Morgan fingerprint density at radius 2 is 1.50 bits per heavy atom. The van der Waals surface area contributed by atoms with Gasteiger partial charge in [0.25, 0.3) is 10.0 Å². The topological polar surface area (TPSA) is 66.4 Å². The number of hydrogen-bond acceptors (Lipinski definition) is 3. The molecule has 1 unspecified atom stereocenters. The molecule has 0 aromatic carbocycles. The zero-order chi connectivity index (χ0) is 15.0. The van der Waals surface area contributed by atoms with Crippen LogP contribution < -0.4 is 4.72 Å². The normalized spacial score (nSPS) is 16.7. The Bertz CT molecular complexity index is 388.